The third-order valence-corrected chi connectivity index (χ3v) is 5.59. The molecule has 0 fully saturated rings. The molecule has 4 rings (SSSR count). The Kier molecular flexibility index (Phi) is 6.92. The minimum atomic E-state index is -0.231. The van der Waals surface area contributed by atoms with Gasteiger partial charge in [0, 0.05) is 42.3 Å². The number of amides is 2. The van der Waals surface area contributed by atoms with Crippen molar-refractivity contribution in [1.29, 1.82) is 0 Å². The van der Waals surface area contributed by atoms with Crippen LogP contribution in [0.2, 0.25) is 0 Å². The van der Waals surface area contributed by atoms with Gasteiger partial charge in [-0.2, -0.15) is 0 Å². The monoisotopic (exact) mass is 456 g/mol. The molecule has 174 valence electrons. The van der Waals surface area contributed by atoms with Gasteiger partial charge in [0.2, 0.25) is 0 Å². The molecule has 7 nitrogen and oxygen atoms in total. The lowest BCUT2D eigenvalue weighted by Gasteiger charge is -2.18. The van der Waals surface area contributed by atoms with Gasteiger partial charge in [0.15, 0.2) is 0 Å². The molecule has 4 aromatic rings. The number of fused-ring (bicyclic) bond motifs is 1. The maximum atomic E-state index is 12.6. The van der Waals surface area contributed by atoms with Crippen molar-refractivity contribution >= 4 is 23.1 Å². The quantitative estimate of drug-likeness (QED) is 0.407. The van der Waals surface area contributed by atoms with E-state index in [0.29, 0.717) is 42.3 Å². The Hall–Kier alpha value is -4.13. The Balaban J connectivity index is 1.34. The van der Waals surface area contributed by atoms with Gasteiger partial charge in [-0.05, 0) is 80.9 Å². The SMILES string of the molecule is CCN(CC)C(=O)c1ccc(NC(=O)c2ccc(OCc3cn4cc(C)ccc4n3)cc2)cc1. The molecule has 1 N–H and O–H groups in total. The van der Waals surface area contributed by atoms with Gasteiger partial charge in [0.25, 0.3) is 11.8 Å². The van der Waals surface area contributed by atoms with Crippen molar-refractivity contribution in [3.8, 4) is 5.75 Å². The second-order valence-corrected chi connectivity index (χ2v) is 8.03. The molecule has 2 heterocycles. The molecule has 0 aliphatic rings. The molecular formula is C27H28N4O3. The van der Waals surface area contributed by atoms with Crippen LogP contribution in [-0.4, -0.2) is 39.2 Å². The van der Waals surface area contributed by atoms with Crippen LogP contribution in [0.5, 0.6) is 5.75 Å². The predicted octanol–water partition coefficient (Wildman–Crippen LogP) is 4.96. The fraction of sp³-hybridized carbons (Fsp3) is 0.222. The first kappa shape index (κ1) is 23.0. The number of ether oxygens (including phenoxy) is 1. The average molecular weight is 457 g/mol. The molecule has 2 aromatic carbocycles. The van der Waals surface area contributed by atoms with Crippen LogP contribution in [0.25, 0.3) is 5.65 Å². The predicted molar refractivity (Wildman–Crippen MR) is 132 cm³/mol. The zero-order chi connectivity index (χ0) is 24.1. The molecule has 0 spiro atoms. The average Bonchev–Trinajstić information content (AvgIpc) is 3.26. The topological polar surface area (TPSA) is 75.9 Å². The summed E-state index contributed by atoms with van der Waals surface area (Å²) in [6.07, 6.45) is 3.97. The van der Waals surface area contributed by atoms with E-state index in [2.05, 4.69) is 10.3 Å². The highest BCUT2D eigenvalue weighted by Gasteiger charge is 2.13. The smallest absolute Gasteiger partial charge is 0.255 e. The number of benzene rings is 2. The van der Waals surface area contributed by atoms with Crippen LogP contribution in [0.1, 0.15) is 45.8 Å². The zero-order valence-corrected chi connectivity index (χ0v) is 19.6. The highest BCUT2D eigenvalue weighted by molar-refractivity contribution is 6.04. The van der Waals surface area contributed by atoms with E-state index in [1.807, 2.05) is 49.7 Å². The molecule has 0 saturated heterocycles. The summed E-state index contributed by atoms with van der Waals surface area (Å²) in [4.78, 5) is 31.3. The van der Waals surface area contributed by atoms with Crippen LogP contribution < -0.4 is 10.1 Å². The van der Waals surface area contributed by atoms with Gasteiger partial charge in [-0.15, -0.1) is 0 Å². The molecule has 0 aliphatic heterocycles. The van der Waals surface area contributed by atoms with Crippen molar-refractivity contribution < 1.29 is 14.3 Å². The number of carbonyl (C=O) groups is 2. The van der Waals surface area contributed by atoms with Crippen molar-refractivity contribution in [2.75, 3.05) is 18.4 Å². The molecule has 34 heavy (non-hydrogen) atoms. The van der Waals surface area contributed by atoms with E-state index in [9.17, 15) is 9.59 Å². The second-order valence-electron chi connectivity index (χ2n) is 8.03. The molecular weight excluding hydrogens is 428 g/mol. The number of aromatic nitrogens is 2. The third-order valence-electron chi connectivity index (χ3n) is 5.59. The fourth-order valence-corrected chi connectivity index (χ4v) is 3.68. The molecule has 2 amide bonds. The number of nitrogens with zero attached hydrogens (tertiary/aromatic N) is 3. The van der Waals surface area contributed by atoms with Gasteiger partial charge in [0.1, 0.15) is 18.0 Å². The van der Waals surface area contributed by atoms with E-state index in [0.717, 1.165) is 16.9 Å². The highest BCUT2D eigenvalue weighted by Crippen LogP contribution is 2.17. The molecule has 0 aliphatic carbocycles. The van der Waals surface area contributed by atoms with Gasteiger partial charge in [-0.1, -0.05) is 6.07 Å². The van der Waals surface area contributed by atoms with E-state index >= 15 is 0 Å². The van der Waals surface area contributed by atoms with E-state index < -0.39 is 0 Å². The summed E-state index contributed by atoms with van der Waals surface area (Å²) in [5.74, 6) is 0.409. The number of aryl methyl sites for hydroxylation is 1. The van der Waals surface area contributed by atoms with Crippen LogP contribution in [0.15, 0.2) is 73.1 Å². The summed E-state index contributed by atoms with van der Waals surface area (Å²) < 4.78 is 7.81. The fourth-order valence-electron chi connectivity index (χ4n) is 3.68. The van der Waals surface area contributed by atoms with E-state index in [1.54, 1.807) is 53.4 Å². The minimum Gasteiger partial charge on any atom is -0.487 e. The maximum absolute atomic E-state index is 12.6. The van der Waals surface area contributed by atoms with Crippen molar-refractivity contribution in [1.82, 2.24) is 14.3 Å². The Morgan fingerprint density at radius 2 is 1.59 bits per heavy atom. The highest BCUT2D eigenvalue weighted by atomic mass is 16.5. The third kappa shape index (κ3) is 5.26. The number of hydrogen-bond acceptors (Lipinski definition) is 4. The number of nitrogens with one attached hydrogen (secondary N) is 1. The summed E-state index contributed by atoms with van der Waals surface area (Å²) in [7, 11) is 0. The maximum Gasteiger partial charge on any atom is 0.255 e. The Bertz CT molecular complexity index is 1290. The van der Waals surface area contributed by atoms with Gasteiger partial charge in [-0.25, -0.2) is 4.98 Å². The lowest BCUT2D eigenvalue weighted by Crippen LogP contribution is -2.30. The first-order chi connectivity index (χ1) is 16.5. The number of pyridine rings is 1. The van der Waals surface area contributed by atoms with Gasteiger partial charge >= 0.3 is 0 Å². The normalized spacial score (nSPS) is 10.8. The number of imidazole rings is 1. The van der Waals surface area contributed by atoms with Gasteiger partial charge in [-0.3, -0.25) is 9.59 Å². The van der Waals surface area contributed by atoms with Crippen molar-refractivity contribution in [2.45, 2.75) is 27.4 Å². The lowest BCUT2D eigenvalue weighted by molar-refractivity contribution is 0.0773. The van der Waals surface area contributed by atoms with Crippen LogP contribution in [0.3, 0.4) is 0 Å². The van der Waals surface area contributed by atoms with E-state index in [-0.39, 0.29) is 11.8 Å². The zero-order valence-electron chi connectivity index (χ0n) is 19.6. The van der Waals surface area contributed by atoms with Crippen LogP contribution in [-0.2, 0) is 6.61 Å². The molecule has 0 radical (unpaired) electrons. The molecule has 0 unspecified atom stereocenters. The second kappa shape index (κ2) is 10.2. The standard InChI is InChI=1S/C27H28N4O3/c1-4-30(5-2)27(33)21-7-11-22(12-8-21)29-26(32)20-9-13-24(14-10-20)34-18-23-17-31-16-19(3)6-15-25(31)28-23/h6-17H,4-5,18H2,1-3H3,(H,29,32). The Morgan fingerprint density at radius 1 is 0.912 bits per heavy atom. The number of rotatable bonds is 8. The first-order valence-electron chi connectivity index (χ1n) is 11.3. The van der Waals surface area contributed by atoms with Crippen molar-refractivity contribution in [3.05, 3.63) is 95.4 Å². The first-order valence-corrected chi connectivity index (χ1v) is 11.3. The summed E-state index contributed by atoms with van der Waals surface area (Å²) in [6.45, 7) is 7.60. The Labute approximate surface area is 199 Å². The van der Waals surface area contributed by atoms with Crippen LogP contribution >= 0.6 is 0 Å². The summed E-state index contributed by atoms with van der Waals surface area (Å²) in [5, 5.41) is 2.86. The number of anilines is 1. The lowest BCUT2D eigenvalue weighted by atomic mass is 10.1. The largest absolute Gasteiger partial charge is 0.487 e. The van der Waals surface area contributed by atoms with Crippen LogP contribution in [0.4, 0.5) is 5.69 Å². The number of carbonyl (C=O) groups excluding carboxylic acids is 2. The Morgan fingerprint density at radius 3 is 2.26 bits per heavy atom. The number of hydrogen-bond donors (Lipinski definition) is 1. The van der Waals surface area contributed by atoms with Gasteiger partial charge in [0.05, 0.1) is 5.69 Å². The summed E-state index contributed by atoms with van der Waals surface area (Å²) >= 11 is 0. The van der Waals surface area contributed by atoms with Gasteiger partial charge < -0.3 is 19.4 Å². The van der Waals surface area contributed by atoms with Crippen molar-refractivity contribution in [3.63, 3.8) is 0 Å². The van der Waals surface area contributed by atoms with E-state index in [4.69, 9.17) is 4.74 Å². The van der Waals surface area contributed by atoms with E-state index in [1.165, 1.54) is 0 Å². The van der Waals surface area contributed by atoms with Crippen LogP contribution in [0, 0.1) is 6.92 Å². The summed E-state index contributed by atoms with van der Waals surface area (Å²) in [5.41, 5.74) is 4.61. The molecule has 0 bridgehead atoms. The molecule has 7 heteroatoms. The molecule has 2 aromatic heterocycles. The van der Waals surface area contributed by atoms with Crippen molar-refractivity contribution in [2.24, 2.45) is 0 Å². The molecule has 0 atom stereocenters. The molecule has 0 saturated carbocycles. The minimum absolute atomic E-state index is 0.0165. The summed E-state index contributed by atoms with van der Waals surface area (Å²) in [6, 6.07) is 17.9.